The second-order valence-corrected chi connectivity index (χ2v) is 4.37. The van der Waals surface area contributed by atoms with Gasteiger partial charge in [0.2, 0.25) is 0 Å². The molecule has 0 heterocycles. The molecule has 0 unspecified atom stereocenters. The molecular weight excluding hydrogens is 212 g/mol. The van der Waals surface area contributed by atoms with Crippen molar-refractivity contribution in [3.63, 3.8) is 0 Å². The molecule has 0 aromatic heterocycles. The van der Waals surface area contributed by atoms with E-state index in [-0.39, 0.29) is 13.2 Å². The van der Waals surface area contributed by atoms with Crippen LogP contribution in [-0.2, 0) is 9.47 Å². The molecule has 6 heteroatoms. The van der Waals surface area contributed by atoms with E-state index in [4.69, 9.17) is 26.4 Å². The van der Waals surface area contributed by atoms with Crippen LogP contribution in [0.2, 0.25) is 0 Å². The van der Waals surface area contributed by atoms with Crippen LogP contribution in [0.4, 0.5) is 0 Å². The maximum atomic E-state index is 8.09. The van der Waals surface area contributed by atoms with Crippen molar-refractivity contribution < 1.29 is 19.7 Å². The highest BCUT2D eigenvalue weighted by molar-refractivity contribution is 4.65. The van der Waals surface area contributed by atoms with Crippen LogP contribution in [0.25, 0.3) is 0 Å². The molecule has 0 saturated carbocycles. The Bertz CT molecular complexity index is 136. The summed E-state index contributed by atoms with van der Waals surface area (Å²) in [5.74, 6) is 0. The van der Waals surface area contributed by atoms with E-state index in [1.165, 1.54) is 0 Å². The summed E-state index contributed by atoms with van der Waals surface area (Å²) >= 11 is 0. The van der Waals surface area contributed by atoms with Gasteiger partial charge in [0.25, 0.3) is 0 Å². The Morgan fingerprint density at radius 3 is 1.31 bits per heavy atom. The molecule has 16 heavy (non-hydrogen) atoms. The first-order chi connectivity index (χ1) is 7.12. The minimum Gasteiger partial charge on any atom is -0.394 e. The molecule has 0 fully saturated rings. The fraction of sp³-hybridized carbons (Fsp3) is 1.00. The molecule has 0 atom stereocenters. The van der Waals surface area contributed by atoms with Gasteiger partial charge in [-0.1, -0.05) is 0 Å². The molecule has 0 amide bonds. The monoisotopic (exact) mass is 238 g/mol. The lowest BCUT2D eigenvalue weighted by Gasteiger charge is -2.29. The molecule has 6 nitrogen and oxygen atoms in total. The third-order valence-corrected chi connectivity index (χ3v) is 0.997. The van der Waals surface area contributed by atoms with E-state index in [0.29, 0.717) is 13.2 Å². The van der Waals surface area contributed by atoms with Crippen LogP contribution >= 0.6 is 0 Å². The van der Waals surface area contributed by atoms with E-state index in [9.17, 15) is 0 Å². The minimum atomic E-state index is -0.641. The molecule has 0 spiro atoms. The third-order valence-electron chi connectivity index (χ3n) is 0.997. The average molecular weight is 238 g/mol. The Labute approximate surface area is 97.5 Å². The zero-order chi connectivity index (χ0) is 13.2. The molecule has 0 radical (unpaired) electrons. The van der Waals surface area contributed by atoms with Gasteiger partial charge in [-0.05, 0) is 27.7 Å². The first kappa shape index (κ1) is 18.1. The quantitative estimate of drug-likeness (QED) is 0.362. The van der Waals surface area contributed by atoms with Gasteiger partial charge in [-0.25, -0.2) is 0 Å². The number of hydrogen-bond acceptors (Lipinski definition) is 6. The fourth-order valence-electron chi connectivity index (χ4n) is 0.909. The second-order valence-electron chi connectivity index (χ2n) is 4.37. The van der Waals surface area contributed by atoms with Gasteiger partial charge in [-0.15, -0.1) is 0 Å². The summed E-state index contributed by atoms with van der Waals surface area (Å²) in [6.07, 6.45) is 0. The van der Waals surface area contributed by atoms with E-state index in [2.05, 4.69) is 4.74 Å². The third kappa shape index (κ3) is 23.5. The molecule has 100 valence electrons. The summed E-state index contributed by atoms with van der Waals surface area (Å²) in [7, 11) is 0. The highest BCUT2D eigenvalue weighted by atomic mass is 16.5. The predicted molar refractivity (Wildman–Crippen MR) is 62.6 cm³/mol. The van der Waals surface area contributed by atoms with Crippen LogP contribution in [0, 0.1) is 0 Å². The molecule has 0 aliphatic rings. The van der Waals surface area contributed by atoms with Crippen molar-refractivity contribution in [3.05, 3.63) is 0 Å². The van der Waals surface area contributed by atoms with E-state index in [1.807, 2.05) is 0 Å². The molecule has 6 N–H and O–H groups in total. The van der Waals surface area contributed by atoms with Gasteiger partial charge in [-0.2, -0.15) is 0 Å². The normalized spacial score (nSPS) is 12.0. The number of ether oxygens (including phenoxy) is 2. The summed E-state index contributed by atoms with van der Waals surface area (Å²) in [5, 5.41) is 16.2. The SMILES string of the molecule is CC(C)(N)OC(C)(C)N.OCCOCCO. The maximum Gasteiger partial charge on any atom is 0.113 e. The Morgan fingerprint density at radius 2 is 1.19 bits per heavy atom. The Balaban J connectivity index is 0. The highest BCUT2D eigenvalue weighted by Crippen LogP contribution is 2.09. The first-order valence-corrected chi connectivity index (χ1v) is 5.20. The largest absolute Gasteiger partial charge is 0.394 e. The van der Waals surface area contributed by atoms with Gasteiger partial charge >= 0.3 is 0 Å². The maximum absolute atomic E-state index is 8.09. The number of nitrogens with two attached hydrogens (primary N) is 2. The van der Waals surface area contributed by atoms with Crippen molar-refractivity contribution >= 4 is 0 Å². The lowest BCUT2D eigenvalue weighted by atomic mass is 10.3. The van der Waals surface area contributed by atoms with Gasteiger partial charge in [0.05, 0.1) is 26.4 Å². The van der Waals surface area contributed by atoms with E-state index < -0.39 is 11.4 Å². The minimum absolute atomic E-state index is 0.0278. The molecule has 0 aliphatic heterocycles. The van der Waals surface area contributed by atoms with Crippen LogP contribution in [-0.4, -0.2) is 48.1 Å². The summed E-state index contributed by atoms with van der Waals surface area (Å²) < 4.78 is 9.81. The van der Waals surface area contributed by atoms with Crippen LogP contribution in [0.3, 0.4) is 0 Å². The van der Waals surface area contributed by atoms with Crippen LogP contribution in [0.1, 0.15) is 27.7 Å². The zero-order valence-corrected chi connectivity index (χ0v) is 10.7. The number of aliphatic hydroxyl groups is 2. The molecule has 0 bridgehead atoms. The second kappa shape index (κ2) is 8.86. The molecule has 0 aliphatic carbocycles. The van der Waals surface area contributed by atoms with Gasteiger partial charge in [0.1, 0.15) is 11.4 Å². The number of hydrogen-bond donors (Lipinski definition) is 4. The topological polar surface area (TPSA) is 111 Å². The lowest BCUT2D eigenvalue weighted by molar-refractivity contribution is -0.115. The Morgan fingerprint density at radius 1 is 0.875 bits per heavy atom. The van der Waals surface area contributed by atoms with Crippen LogP contribution in [0.15, 0.2) is 0 Å². The van der Waals surface area contributed by atoms with E-state index >= 15 is 0 Å². The van der Waals surface area contributed by atoms with Gasteiger partial charge in [0.15, 0.2) is 0 Å². The predicted octanol–water partition coefficient (Wildman–Crippen LogP) is -0.620. The van der Waals surface area contributed by atoms with Crippen molar-refractivity contribution in [1.82, 2.24) is 0 Å². The van der Waals surface area contributed by atoms with Crippen molar-refractivity contribution in [2.45, 2.75) is 39.1 Å². The smallest absolute Gasteiger partial charge is 0.113 e. The standard InChI is InChI=1S/C6H16N2O.C4H10O3/c1-5(2,7)9-6(3,4)8;5-1-3-7-4-2-6/h7-8H2,1-4H3;5-6H,1-4H2. The summed E-state index contributed by atoms with van der Waals surface area (Å²) in [6.45, 7) is 7.76. The number of rotatable bonds is 6. The first-order valence-electron chi connectivity index (χ1n) is 5.20. The Kier molecular flexibility index (Phi) is 10.0. The lowest BCUT2D eigenvalue weighted by Crippen LogP contribution is -2.48. The zero-order valence-electron chi connectivity index (χ0n) is 10.7. The van der Waals surface area contributed by atoms with E-state index in [0.717, 1.165) is 0 Å². The van der Waals surface area contributed by atoms with Crippen molar-refractivity contribution in [2.24, 2.45) is 11.5 Å². The molecule has 0 saturated heterocycles. The fourth-order valence-corrected chi connectivity index (χ4v) is 0.909. The van der Waals surface area contributed by atoms with Crippen LogP contribution in [0.5, 0.6) is 0 Å². The van der Waals surface area contributed by atoms with Crippen LogP contribution < -0.4 is 11.5 Å². The molecular formula is C10H26N2O4. The van der Waals surface area contributed by atoms with Crippen molar-refractivity contribution in [3.8, 4) is 0 Å². The average Bonchev–Trinajstić information content (AvgIpc) is 1.99. The Hall–Kier alpha value is -0.240. The van der Waals surface area contributed by atoms with Gasteiger partial charge < -0.3 is 31.2 Å². The highest BCUT2D eigenvalue weighted by Gasteiger charge is 2.20. The number of aliphatic hydroxyl groups excluding tert-OH is 2. The van der Waals surface area contributed by atoms with E-state index in [1.54, 1.807) is 27.7 Å². The molecule has 0 aromatic carbocycles. The van der Waals surface area contributed by atoms with Crippen molar-refractivity contribution in [2.75, 3.05) is 26.4 Å². The van der Waals surface area contributed by atoms with Gasteiger partial charge in [-0.3, -0.25) is 0 Å². The van der Waals surface area contributed by atoms with Gasteiger partial charge in [0, 0.05) is 0 Å². The molecule has 0 rings (SSSR count). The van der Waals surface area contributed by atoms with Crippen molar-refractivity contribution in [1.29, 1.82) is 0 Å². The summed E-state index contributed by atoms with van der Waals surface area (Å²) in [6, 6.07) is 0. The summed E-state index contributed by atoms with van der Waals surface area (Å²) in [5.41, 5.74) is 9.76. The summed E-state index contributed by atoms with van der Waals surface area (Å²) in [4.78, 5) is 0. The molecule has 0 aromatic rings.